The van der Waals surface area contributed by atoms with Gasteiger partial charge in [-0.1, -0.05) is 24.3 Å². The van der Waals surface area contributed by atoms with E-state index in [1.54, 1.807) is 0 Å². The highest BCUT2D eigenvalue weighted by Crippen LogP contribution is 2.31. The monoisotopic (exact) mass is 272 g/mol. The summed E-state index contributed by atoms with van der Waals surface area (Å²) in [6, 6.07) is 9.27. The third-order valence-corrected chi connectivity index (χ3v) is 4.66. The topological polar surface area (TPSA) is 41.1 Å². The number of rotatable bonds is 2. The van der Waals surface area contributed by atoms with Crippen molar-refractivity contribution in [3.63, 3.8) is 0 Å². The Labute approximate surface area is 121 Å². The normalized spacial score (nSPS) is 29.6. The van der Waals surface area contributed by atoms with E-state index in [1.165, 1.54) is 11.1 Å². The highest BCUT2D eigenvalue weighted by Gasteiger charge is 2.28. The quantitative estimate of drug-likeness (QED) is 0.868. The fourth-order valence-corrected chi connectivity index (χ4v) is 3.59. The van der Waals surface area contributed by atoms with Crippen LogP contribution in [-0.2, 0) is 11.2 Å². The fraction of sp³-hybridized carbons (Fsp3) is 0.588. The molecule has 0 radical (unpaired) electrons. The van der Waals surface area contributed by atoms with E-state index in [2.05, 4.69) is 41.8 Å². The SMILES string of the molecule is CC1CC(NC(=O)C2CCCc3ccccc32)CCN1. The molecule has 0 saturated carbocycles. The average Bonchev–Trinajstić information content (AvgIpc) is 2.46. The first-order chi connectivity index (χ1) is 9.74. The van der Waals surface area contributed by atoms with Gasteiger partial charge in [0.05, 0.1) is 5.92 Å². The minimum absolute atomic E-state index is 0.0603. The van der Waals surface area contributed by atoms with Gasteiger partial charge in [-0.2, -0.15) is 0 Å². The first-order valence-electron chi connectivity index (χ1n) is 7.85. The number of fused-ring (bicyclic) bond motifs is 1. The van der Waals surface area contributed by atoms with E-state index in [0.29, 0.717) is 12.1 Å². The second kappa shape index (κ2) is 5.96. The molecule has 1 saturated heterocycles. The Morgan fingerprint density at radius 2 is 2.15 bits per heavy atom. The Balaban J connectivity index is 1.69. The van der Waals surface area contributed by atoms with Crippen LogP contribution in [0.2, 0.25) is 0 Å². The van der Waals surface area contributed by atoms with E-state index in [-0.39, 0.29) is 11.8 Å². The number of carbonyl (C=O) groups excluding carboxylic acids is 1. The molecular weight excluding hydrogens is 248 g/mol. The van der Waals surface area contributed by atoms with Crippen molar-refractivity contribution < 1.29 is 4.79 Å². The molecule has 0 spiro atoms. The van der Waals surface area contributed by atoms with Crippen LogP contribution in [0.25, 0.3) is 0 Å². The van der Waals surface area contributed by atoms with Crippen LogP contribution in [0.5, 0.6) is 0 Å². The molecule has 0 bridgehead atoms. The van der Waals surface area contributed by atoms with E-state index in [4.69, 9.17) is 0 Å². The van der Waals surface area contributed by atoms with Gasteiger partial charge >= 0.3 is 0 Å². The highest BCUT2D eigenvalue weighted by atomic mass is 16.1. The zero-order valence-corrected chi connectivity index (χ0v) is 12.2. The standard InChI is InChI=1S/C17H24N2O/c1-12-11-14(9-10-18-12)19-17(20)16-8-4-6-13-5-2-3-7-15(13)16/h2-3,5,7,12,14,16,18H,4,6,8-11H2,1H3,(H,19,20). The number of piperidine rings is 1. The summed E-state index contributed by atoms with van der Waals surface area (Å²) in [5.74, 6) is 0.293. The van der Waals surface area contributed by atoms with Crippen LogP contribution in [0, 0.1) is 0 Å². The molecule has 1 heterocycles. The van der Waals surface area contributed by atoms with Gasteiger partial charge in [-0.05, 0) is 56.7 Å². The van der Waals surface area contributed by atoms with Crippen LogP contribution >= 0.6 is 0 Å². The van der Waals surface area contributed by atoms with Crippen molar-refractivity contribution in [3.05, 3.63) is 35.4 Å². The molecule has 1 aliphatic heterocycles. The number of amides is 1. The maximum Gasteiger partial charge on any atom is 0.227 e. The highest BCUT2D eigenvalue weighted by molar-refractivity contribution is 5.84. The Bertz CT molecular complexity index is 486. The van der Waals surface area contributed by atoms with Crippen molar-refractivity contribution in [2.75, 3.05) is 6.54 Å². The molecule has 20 heavy (non-hydrogen) atoms. The first-order valence-corrected chi connectivity index (χ1v) is 7.85. The second-order valence-electron chi connectivity index (χ2n) is 6.23. The molecule has 3 nitrogen and oxygen atoms in total. The molecule has 2 aliphatic rings. The Morgan fingerprint density at radius 1 is 1.30 bits per heavy atom. The molecule has 1 aromatic rings. The summed E-state index contributed by atoms with van der Waals surface area (Å²) in [6.07, 6.45) is 5.32. The lowest BCUT2D eigenvalue weighted by Crippen LogP contribution is -2.48. The summed E-state index contributed by atoms with van der Waals surface area (Å²) in [5, 5.41) is 6.71. The Hall–Kier alpha value is -1.35. The lowest BCUT2D eigenvalue weighted by atomic mass is 9.82. The summed E-state index contributed by atoms with van der Waals surface area (Å²) in [6.45, 7) is 3.20. The van der Waals surface area contributed by atoms with Crippen molar-refractivity contribution >= 4 is 5.91 Å². The minimum atomic E-state index is 0.0603. The van der Waals surface area contributed by atoms with Gasteiger partial charge in [-0.25, -0.2) is 0 Å². The number of hydrogen-bond donors (Lipinski definition) is 2. The largest absolute Gasteiger partial charge is 0.353 e. The molecule has 1 fully saturated rings. The zero-order valence-electron chi connectivity index (χ0n) is 12.2. The first kappa shape index (κ1) is 13.6. The van der Waals surface area contributed by atoms with Crippen LogP contribution in [0.4, 0.5) is 0 Å². The van der Waals surface area contributed by atoms with Gasteiger partial charge in [0.25, 0.3) is 0 Å². The van der Waals surface area contributed by atoms with Gasteiger partial charge in [0.1, 0.15) is 0 Å². The summed E-state index contributed by atoms with van der Waals surface area (Å²) < 4.78 is 0. The van der Waals surface area contributed by atoms with Crippen molar-refractivity contribution in [1.82, 2.24) is 10.6 Å². The summed E-state index contributed by atoms with van der Waals surface area (Å²) in [4.78, 5) is 12.6. The van der Waals surface area contributed by atoms with Gasteiger partial charge < -0.3 is 10.6 Å². The van der Waals surface area contributed by atoms with E-state index in [9.17, 15) is 4.79 Å². The van der Waals surface area contributed by atoms with Crippen LogP contribution in [-0.4, -0.2) is 24.5 Å². The third kappa shape index (κ3) is 2.88. The number of aryl methyl sites for hydroxylation is 1. The summed E-state index contributed by atoms with van der Waals surface area (Å²) >= 11 is 0. The Kier molecular flexibility index (Phi) is 4.06. The van der Waals surface area contributed by atoms with Crippen molar-refractivity contribution in [2.45, 2.75) is 57.0 Å². The van der Waals surface area contributed by atoms with Gasteiger partial charge in [0.15, 0.2) is 0 Å². The number of benzene rings is 1. The molecule has 1 aliphatic carbocycles. The number of hydrogen-bond acceptors (Lipinski definition) is 2. The lowest BCUT2D eigenvalue weighted by Gasteiger charge is -2.31. The number of carbonyl (C=O) groups is 1. The second-order valence-corrected chi connectivity index (χ2v) is 6.23. The maximum absolute atomic E-state index is 12.6. The zero-order chi connectivity index (χ0) is 13.9. The van der Waals surface area contributed by atoms with Crippen molar-refractivity contribution in [1.29, 1.82) is 0 Å². The average molecular weight is 272 g/mol. The van der Waals surface area contributed by atoms with E-state index >= 15 is 0 Å². The molecule has 3 unspecified atom stereocenters. The smallest absolute Gasteiger partial charge is 0.227 e. The van der Waals surface area contributed by atoms with Crippen LogP contribution < -0.4 is 10.6 Å². The van der Waals surface area contributed by atoms with Gasteiger partial charge in [0, 0.05) is 12.1 Å². The van der Waals surface area contributed by atoms with E-state index in [0.717, 1.165) is 38.6 Å². The maximum atomic E-state index is 12.6. The van der Waals surface area contributed by atoms with Crippen LogP contribution in [0.15, 0.2) is 24.3 Å². The third-order valence-electron chi connectivity index (χ3n) is 4.66. The van der Waals surface area contributed by atoms with Crippen LogP contribution in [0.3, 0.4) is 0 Å². The van der Waals surface area contributed by atoms with Gasteiger partial charge in [0.2, 0.25) is 5.91 Å². The van der Waals surface area contributed by atoms with Crippen molar-refractivity contribution in [2.24, 2.45) is 0 Å². The molecule has 1 aromatic carbocycles. The number of nitrogens with one attached hydrogen (secondary N) is 2. The van der Waals surface area contributed by atoms with Crippen molar-refractivity contribution in [3.8, 4) is 0 Å². The summed E-state index contributed by atoms with van der Waals surface area (Å²) in [7, 11) is 0. The van der Waals surface area contributed by atoms with E-state index < -0.39 is 0 Å². The molecule has 108 valence electrons. The Morgan fingerprint density at radius 3 is 3.00 bits per heavy atom. The molecule has 3 atom stereocenters. The lowest BCUT2D eigenvalue weighted by molar-refractivity contribution is -0.123. The molecular formula is C17H24N2O. The van der Waals surface area contributed by atoms with Gasteiger partial charge in [-0.15, -0.1) is 0 Å². The molecule has 1 amide bonds. The molecule has 2 N–H and O–H groups in total. The molecule has 0 aromatic heterocycles. The summed E-state index contributed by atoms with van der Waals surface area (Å²) in [5.41, 5.74) is 2.61. The molecule has 3 heteroatoms. The predicted molar refractivity (Wildman–Crippen MR) is 80.8 cm³/mol. The predicted octanol–water partition coefficient (Wildman–Crippen LogP) is 2.36. The molecule has 3 rings (SSSR count). The van der Waals surface area contributed by atoms with E-state index in [1.807, 2.05) is 0 Å². The fourth-order valence-electron chi connectivity index (χ4n) is 3.59. The van der Waals surface area contributed by atoms with Crippen LogP contribution in [0.1, 0.15) is 49.7 Å². The van der Waals surface area contributed by atoms with Gasteiger partial charge in [-0.3, -0.25) is 4.79 Å². The minimum Gasteiger partial charge on any atom is -0.353 e.